The highest BCUT2D eigenvalue weighted by atomic mass is 32.1. The number of carbonyl (C=O) groups excluding carboxylic acids is 1. The van der Waals surface area contributed by atoms with Gasteiger partial charge in [0, 0.05) is 18.5 Å². The molecule has 1 amide bonds. The van der Waals surface area contributed by atoms with E-state index in [1.807, 2.05) is 36.6 Å². The number of aryl methyl sites for hydroxylation is 1. The largest absolute Gasteiger partial charge is 0.486 e. The standard InChI is InChI=1S/C15H19N3O2S/c1-11-2-4-13(5-3-11)20-9-15-18-12(10-21-15)8-14(19)17-7-6-16/h2-5,10H,6-9,16H2,1H3,(H,17,19). The maximum Gasteiger partial charge on any atom is 0.226 e. The van der Waals surface area contributed by atoms with Crippen LogP contribution in [0.5, 0.6) is 5.75 Å². The molecule has 6 heteroatoms. The minimum atomic E-state index is -0.0586. The van der Waals surface area contributed by atoms with Gasteiger partial charge in [0.2, 0.25) is 5.91 Å². The number of hydrogen-bond acceptors (Lipinski definition) is 5. The molecule has 2 rings (SSSR count). The summed E-state index contributed by atoms with van der Waals surface area (Å²) in [6, 6.07) is 7.88. The molecule has 0 bridgehead atoms. The van der Waals surface area contributed by atoms with Crippen LogP contribution in [-0.2, 0) is 17.8 Å². The van der Waals surface area contributed by atoms with Gasteiger partial charge in [-0.1, -0.05) is 17.7 Å². The summed E-state index contributed by atoms with van der Waals surface area (Å²) in [7, 11) is 0. The Labute approximate surface area is 128 Å². The minimum Gasteiger partial charge on any atom is -0.486 e. The van der Waals surface area contributed by atoms with Crippen molar-refractivity contribution in [2.75, 3.05) is 13.1 Å². The first-order valence-corrected chi connectivity index (χ1v) is 7.65. The van der Waals surface area contributed by atoms with Crippen molar-refractivity contribution >= 4 is 17.2 Å². The molecule has 0 saturated heterocycles. The second-order valence-corrected chi connectivity index (χ2v) is 5.59. The summed E-state index contributed by atoms with van der Waals surface area (Å²) in [5, 5.41) is 5.47. The number of nitrogens with two attached hydrogens (primary N) is 1. The fourth-order valence-corrected chi connectivity index (χ4v) is 2.42. The van der Waals surface area contributed by atoms with E-state index in [0.717, 1.165) is 16.5 Å². The summed E-state index contributed by atoms with van der Waals surface area (Å²) in [6.07, 6.45) is 0.279. The molecule has 0 spiro atoms. The first kappa shape index (κ1) is 15.5. The van der Waals surface area contributed by atoms with Gasteiger partial charge in [-0.3, -0.25) is 4.79 Å². The van der Waals surface area contributed by atoms with E-state index in [2.05, 4.69) is 10.3 Å². The van der Waals surface area contributed by atoms with Crippen molar-refractivity contribution in [2.24, 2.45) is 5.73 Å². The third-order valence-electron chi connectivity index (χ3n) is 2.79. The molecule has 5 nitrogen and oxygen atoms in total. The zero-order valence-electron chi connectivity index (χ0n) is 12.0. The number of amides is 1. The third-order valence-corrected chi connectivity index (χ3v) is 3.66. The Balaban J connectivity index is 1.82. The number of benzene rings is 1. The Kier molecular flexibility index (Phi) is 5.71. The number of nitrogens with zero attached hydrogens (tertiary/aromatic N) is 1. The van der Waals surface area contributed by atoms with Gasteiger partial charge < -0.3 is 15.8 Å². The van der Waals surface area contributed by atoms with Gasteiger partial charge in [0.05, 0.1) is 12.1 Å². The van der Waals surface area contributed by atoms with Gasteiger partial charge in [-0.15, -0.1) is 11.3 Å². The van der Waals surface area contributed by atoms with E-state index in [-0.39, 0.29) is 12.3 Å². The van der Waals surface area contributed by atoms with Gasteiger partial charge in [-0.2, -0.15) is 0 Å². The van der Waals surface area contributed by atoms with Crippen LogP contribution in [0.1, 0.15) is 16.3 Å². The number of rotatable bonds is 7. The fourth-order valence-electron chi connectivity index (χ4n) is 1.71. The Morgan fingerprint density at radius 1 is 1.38 bits per heavy atom. The molecule has 1 heterocycles. The van der Waals surface area contributed by atoms with E-state index >= 15 is 0 Å². The number of nitrogens with one attached hydrogen (secondary N) is 1. The summed E-state index contributed by atoms with van der Waals surface area (Å²) in [5.74, 6) is 0.759. The van der Waals surface area contributed by atoms with E-state index in [9.17, 15) is 4.79 Å². The van der Waals surface area contributed by atoms with Crippen LogP contribution in [0.25, 0.3) is 0 Å². The lowest BCUT2D eigenvalue weighted by Gasteiger charge is -2.04. The van der Waals surface area contributed by atoms with Gasteiger partial charge in [-0.05, 0) is 19.1 Å². The lowest BCUT2D eigenvalue weighted by Crippen LogP contribution is -2.30. The van der Waals surface area contributed by atoms with Crippen LogP contribution < -0.4 is 15.8 Å². The van der Waals surface area contributed by atoms with Crippen LogP contribution in [0.15, 0.2) is 29.6 Å². The summed E-state index contributed by atoms with van der Waals surface area (Å²) < 4.78 is 5.66. The summed E-state index contributed by atoms with van der Waals surface area (Å²) in [6.45, 7) is 3.38. The molecule has 21 heavy (non-hydrogen) atoms. The number of aromatic nitrogens is 1. The predicted octanol–water partition coefficient (Wildman–Crippen LogP) is 1.65. The Morgan fingerprint density at radius 3 is 2.86 bits per heavy atom. The van der Waals surface area contributed by atoms with Gasteiger partial charge >= 0.3 is 0 Å². The lowest BCUT2D eigenvalue weighted by molar-refractivity contribution is -0.120. The fraction of sp³-hybridized carbons (Fsp3) is 0.333. The smallest absolute Gasteiger partial charge is 0.226 e. The molecule has 0 fully saturated rings. The molecule has 0 aliphatic rings. The quantitative estimate of drug-likeness (QED) is 0.815. The van der Waals surface area contributed by atoms with E-state index < -0.39 is 0 Å². The second-order valence-electron chi connectivity index (χ2n) is 4.65. The number of thiazole rings is 1. The topological polar surface area (TPSA) is 77.2 Å². The van der Waals surface area contributed by atoms with Gasteiger partial charge in [-0.25, -0.2) is 4.98 Å². The number of hydrogen-bond donors (Lipinski definition) is 2. The average Bonchev–Trinajstić information content (AvgIpc) is 2.92. The monoisotopic (exact) mass is 305 g/mol. The highest BCUT2D eigenvalue weighted by Gasteiger charge is 2.07. The summed E-state index contributed by atoms with van der Waals surface area (Å²) in [5.41, 5.74) is 7.29. The molecule has 0 aliphatic heterocycles. The summed E-state index contributed by atoms with van der Waals surface area (Å²) >= 11 is 1.50. The molecule has 112 valence electrons. The molecule has 1 aromatic carbocycles. The maximum absolute atomic E-state index is 11.6. The van der Waals surface area contributed by atoms with Gasteiger partial charge in [0.25, 0.3) is 0 Å². The van der Waals surface area contributed by atoms with E-state index in [4.69, 9.17) is 10.5 Å². The van der Waals surface area contributed by atoms with Crippen molar-refractivity contribution in [1.29, 1.82) is 0 Å². The predicted molar refractivity (Wildman–Crippen MR) is 83.4 cm³/mol. The van der Waals surface area contributed by atoms with Crippen LogP contribution in [0.4, 0.5) is 0 Å². The van der Waals surface area contributed by atoms with Gasteiger partial charge in [0.15, 0.2) is 0 Å². The van der Waals surface area contributed by atoms with Crippen LogP contribution in [0, 0.1) is 6.92 Å². The number of carbonyl (C=O) groups is 1. The highest BCUT2D eigenvalue weighted by molar-refractivity contribution is 7.09. The molecule has 0 unspecified atom stereocenters. The molecule has 0 radical (unpaired) electrons. The summed E-state index contributed by atoms with van der Waals surface area (Å²) in [4.78, 5) is 16.0. The zero-order chi connectivity index (χ0) is 15.1. The maximum atomic E-state index is 11.6. The minimum absolute atomic E-state index is 0.0586. The first-order chi connectivity index (χ1) is 10.2. The van der Waals surface area contributed by atoms with Crippen LogP contribution >= 0.6 is 11.3 Å². The SMILES string of the molecule is Cc1ccc(OCc2nc(CC(=O)NCCN)cs2)cc1. The average molecular weight is 305 g/mol. The van der Waals surface area contributed by atoms with E-state index in [1.165, 1.54) is 16.9 Å². The van der Waals surface area contributed by atoms with Crippen LogP contribution in [0.2, 0.25) is 0 Å². The molecule has 2 aromatic rings. The first-order valence-electron chi connectivity index (χ1n) is 6.77. The van der Waals surface area contributed by atoms with Crippen LogP contribution in [0.3, 0.4) is 0 Å². The molecule has 0 aliphatic carbocycles. The Morgan fingerprint density at radius 2 is 2.14 bits per heavy atom. The molecule has 3 N–H and O–H groups in total. The van der Waals surface area contributed by atoms with E-state index in [1.54, 1.807) is 0 Å². The number of ether oxygens (including phenoxy) is 1. The normalized spacial score (nSPS) is 10.4. The zero-order valence-corrected chi connectivity index (χ0v) is 12.8. The Hall–Kier alpha value is -1.92. The molecule has 1 aromatic heterocycles. The highest BCUT2D eigenvalue weighted by Crippen LogP contribution is 2.16. The Bertz CT molecular complexity index is 581. The lowest BCUT2D eigenvalue weighted by atomic mass is 10.2. The third kappa shape index (κ3) is 5.17. The molecule has 0 saturated carbocycles. The van der Waals surface area contributed by atoms with Crippen molar-refractivity contribution in [2.45, 2.75) is 20.0 Å². The van der Waals surface area contributed by atoms with Crippen molar-refractivity contribution < 1.29 is 9.53 Å². The van der Waals surface area contributed by atoms with Crippen LogP contribution in [-0.4, -0.2) is 24.0 Å². The van der Waals surface area contributed by atoms with Crippen molar-refractivity contribution in [3.8, 4) is 5.75 Å². The van der Waals surface area contributed by atoms with E-state index in [0.29, 0.717) is 19.7 Å². The van der Waals surface area contributed by atoms with Crippen molar-refractivity contribution in [3.63, 3.8) is 0 Å². The van der Waals surface area contributed by atoms with Crippen molar-refractivity contribution in [3.05, 3.63) is 45.9 Å². The molecular formula is C15H19N3O2S. The second kappa shape index (κ2) is 7.75. The van der Waals surface area contributed by atoms with Crippen molar-refractivity contribution in [1.82, 2.24) is 10.3 Å². The van der Waals surface area contributed by atoms with Gasteiger partial charge in [0.1, 0.15) is 17.4 Å². The molecule has 0 atom stereocenters. The molecular weight excluding hydrogens is 286 g/mol.